The first-order chi connectivity index (χ1) is 7.33. The number of allylic oxidation sites excluding steroid dienone is 1. The molecule has 15 heavy (non-hydrogen) atoms. The number of hydrogen-bond donors (Lipinski definition) is 0. The summed E-state index contributed by atoms with van der Waals surface area (Å²) in [5, 5.41) is 0. The number of ether oxygens (including phenoxy) is 1. The zero-order chi connectivity index (χ0) is 10.7. The highest BCUT2D eigenvalue weighted by Crippen LogP contribution is 2.25. The number of carbonyl (C=O) groups is 1. The van der Waals surface area contributed by atoms with Gasteiger partial charge in [-0.3, -0.25) is 9.36 Å². The van der Waals surface area contributed by atoms with E-state index in [0.29, 0.717) is 0 Å². The largest absolute Gasteiger partial charge is 0.355 e. The van der Waals surface area contributed by atoms with Crippen molar-refractivity contribution in [3.05, 3.63) is 36.7 Å². The third kappa shape index (κ3) is 2.36. The van der Waals surface area contributed by atoms with E-state index in [2.05, 4.69) is 13.0 Å². The van der Waals surface area contributed by atoms with E-state index in [4.69, 9.17) is 4.74 Å². The second-order valence-electron chi connectivity index (χ2n) is 3.67. The molecule has 0 saturated carbocycles. The van der Waals surface area contributed by atoms with Crippen LogP contribution in [0.15, 0.2) is 36.7 Å². The normalized spacial score (nSPS) is 24.6. The van der Waals surface area contributed by atoms with Gasteiger partial charge < -0.3 is 4.74 Å². The van der Waals surface area contributed by atoms with E-state index in [0.717, 1.165) is 12.8 Å². The summed E-state index contributed by atoms with van der Waals surface area (Å²) >= 11 is 0. The monoisotopic (exact) mass is 205 g/mol. The molecule has 3 nitrogen and oxygen atoms in total. The van der Waals surface area contributed by atoms with Gasteiger partial charge >= 0.3 is 0 Å². The third-order valence-electron chi connectivity index (χ3n) is 2.41. The molecule has 80 valence electrons. The van der Waals surface area contributed by atoms with Gasteiger partial charge in [0.1, 0.15) is 6.10 Å². The van der Waals surface area contributed by atoms with Crippen LogP contribution in [0.1, 0.15) is 24.6 Å². The molecule has 1 fully saturated rings. The Labute approximate surface area is 89.3 Å². The van der Waals surface area contributed by atoms with Crippen molar-refractivity contribution in [1.82, 2.24) is 4.57 Å². The van der Waals surface area contributed by atoms with Gasteiger partial charge in [0, 0.05) is 12.4 Å². The maximum Gasteiger partial charge on any atom is 0.262 e. The minimum Gasteiger partial charge on any atom is -0.355 e. The maximum atomic E-state index is 11.7. The van der Waals surface area contributed by atoms with Gasteiger partial charge in [-0.25, -0.2) is 0 Å². The summed E-state index contributed by atoms with van der Waals surface area (Å²) < 4.78 is 6.86. The average Bonchev–Trinajstić information content (AvgIpc) is 2.79. The molecule has 2 rings (SSSR count). The number of aromatic nitrogens is 1. The van der Waals surface area contributed by atoms with Crippen LogP contribution in [0.4, 0.5) is 0 Å². The Morgan fingerprint density at radius 2 is 2.20 bits per heavy atom. The van der Waals surface area contributed by atoms with Crippen molar-refractivity contribution < 1.29 is 9.53 Å². The highest BCUT2D eigenvalue weighted by atomic mass is 16.6. The number of epoxide rings is 1. The van der Waals surface area contributed by atoms with Crippen LogP contribution in [0.3, 0.4) is 0 Å². The molecule has 3 heteroatoms. The molecule has 0 unspecified atom stereocenters. The lowest BCUT2D eigenvalue weighted by atomic mass is 10.2. The van der Waals surface area contributed by atoms with Crippen LogP contribution in [0.2, 0.25) is 0 Å². The van der Waals surface area contributed by atoms with Crippen LogP contribution in [-0.2, 0) is 4.74 Å². The van der Waals surface area contributed by atoms with E-state index in [1.165, 1.54) is 0 Å². The van der Waals surface area contributed by atoms with Crippen LogP contribution in [0, 0.1) is 0 Å². The van der Waals surface area contributed by atoms with Crippen LogP contribution in [0.25, 0.3) is 0 Å². The molecular weight excluding hydrogens is 190 g/mol. The lowest BCUT2D eigenvalue weighted by Crippen LogP contribution is -2.16. The molecule has 1 aliphatic heterocycles. The molecule has 0 aliphatic carbocycles. The molecule has 0 aromatic carbocycles. The van der Waals surface area contributed by atoms with Crippen molar-refractivity contribution in [3.8, 4) is 0 Å². The van der Waals surface area contributed by atoms with Gasteiger partial charge in [0.25, 0.3) is 5.91 Å². The molecule has 1 aliphatic rings. The molecule has 1 aromatic rings. The number of carbonyl (C=O) groups excluding carboxylic acids is 1. The number of nitrogens with zero attached hydrogens (tertiary/aromatic N) is 1. The molecule has 1 aromatic heterocycles. The fraction of sp³-hybridized carbons (Fsp3) is 0.417. The van der Waals surface area contributed by atoms with Crippen LogP contribution < -0.4 is 0 Å². The van der Waals surface area contributed by atoms with E-state index in [-0.39, 0.29) is 18.1 Å². The fourth-order valence-corrected chi connectivity index (χ4v) is 1.49. The first-order valence-electron chi connectivity index (χ1n) is 5.32. The van der Waals surface area contributed by atoms with Crippen molar-refractivity contribution in [2.45, 2.75) is 32.0 Å². The van der Waals surface area contributed by atoms with Gasteiger partial charge in [0.2, 0.25) is 0 Å². The fourth-order valence-electron chi connectivity index (χ4n) is 1.49. The molecule has 2 atom stereocenters. The van der Waals surface area contributed by atoms with Crippen molar-refractivity contribution >= 4 is 5.91 Å². The van der Waals surface area contributed by atoms with Crippen LogP contribution >= 0.6 is 0 Å². The van der Waals surface area contributed by atoms with E-state index in [1.807, 2.05) is 18.2 Å². The predicted molar refractivity (Wildman–Crippen MR) is 57.8 cm³/mol. The lowest BCUT2D eigenvalue weighted by molar-refractivity contribution is 0.0872. The van der Waals surface area contributed by atoms with E-state index >= 15 is 0 Å². The minimum absolute atomic E-state index is 0.00792. The Hall–Kier alpha value is -1.35. The number of rotatable bonds is 4. The third-order valence-corrected chi connectivity index (χ3v) is 2.41. The minimum atomic E-state index is -0.273. The molecule has 0 N–H and O–H groups in total. The second-order valence-corrected chi connectivity index (χ2v) is 3.67. The first kappa shape index (κ1) is 10.2. The Balaban J connectivity index is 1.86. The molecule has 1 saturated heterocycles. The topological polar surface area (TPSA) is 34.5 Å². The smallest absolute Gasteiger partial charge is 0.262 e. The second kappa shape index (κ2) is 4.45. The summed E-state index contributed by atoms with van der Waals surface area (Å²) in [4.78, 5) is 11.7. The highest BCUT2D eigenvalue weighted by Gasteiger charge is 2.43. The standard InChI is InChI=1S/C12H15NO2/c1-2-3-4-7-10-11(15-10)12(14)13-8-5-6-9-13/h4-11H,2-3H2,1H3/b7-4+/t10-,11+/m1/s1. The van der Waals surface area contributed by atoms with Gasteiger partial charge in [-0.15, -0.1) is 0 Å². The van der Waals surface area contributed by atoms with Gasteiger partial charge in [0.05, 0.1) is 0 Å². The Bertz CT molecular complexity index is 354. The van der Waals surface area contributed by atoms with Gasteiger partial charge in [0.15, 0.2) is 6.10 Å². The summed E-state index contributed by atoms with van der Waals surface area (Å²) in [7, 11) is 0. The van der Waals surface area contributed by atoms with Gasteiger partial charge in [-0.2, -0.15) is 0 Å². The summed E-state index contributed by atoms with van der Waals surface area (Å²) in [5.74, 6) is 0.0196. The maximum absolute atomic E-state index is 11.7. The molecule has 0 amide bonds. The average molecular weight is 205 g/mol. The summed E-state index contributed by atoms with van der Waals surface area (Å²) in [6.07, 6.45) is 9.44. The summed E-state index contributed by atoms with van der Waals surface area (Å²) in [5.41, 5.74) is 0. The summed E-state index contributed by atoms with van der Waals surface area (Å²) in [6.45, 7) is 2.13. The molecule has 0 bridgehead atoms. The molecule has 0 spiro atoms. The summed E-state index contributed by atoms with van der Waals surface area (Å²) in [6, 6.07) is 3.67. The number of hydrogen-bond acceptors (Lipinski definition) is 2. The SMILES string of the molecule is CCC/C=C/[C@H]1O[C@@H]1C(=O)n1cccc1. The van der Waals surface area contributed by atoms with E-state index in [1.54, 1.807) is 17.0 Å². The Morgan fingerprint density at radius 1 is 1.47 bits per heavy atom. The van der Waals surface area contributed by atoms with E-state index in [9.17, 15) is 4.79 Å². The van der Waals surface area contributed by atoms with Gasteiger partial charge in [-0.1, -0.05) is 25.5 Å². The Kier molecular flexibility index (Phi) is 3.02. The van der Waals surface area contributed by atoms with Crippen molar-refractivity contribution in [3.63, 3.8) is 0 Å². The zero-order valence-corrected chi connectivity index (χ0v) is 8.80. The van der Waals surface area contributed by atoms with E-state index < -0.39 is 0 Å². The zero-order valence-electron chi connectivity index (χ0n) is 8.80. The van der Waals surface area contributed by atoms with Crippen molar-refractivity contribution in [1.29, 1.82) is 0 Å². The number of unbranched alkanes of at least 4 members (excludes halogenated alkanes) is 1. The Morgan fingerprint density at radius 3 is 2.87 bits per heavy atom. The van der Waals surface area contributed by atoms with Gasteiger partial charge in [-0.05, 0) is 18.6 Å². The van der Waals surface area contributed by atoms with Crippen molar-refractivity contribution in [2.75, 3.05) is 0 Å². The lowest BCUT2D eigenvalue weighted by Gasteiger charge is -1.95. The van der Waals surface area contributed by atoms with Crippen LogP contribution in [-0.4, -0.2) is 22.7 Å². The van der Waals surface area contributed by atoms with Crippen molar-refractivity contribution in [2.24, 2.45) is 0 Å². The first-order valence-corrected chi connectivity index (χ1v) is 5.32. The predicted octanol–water partition coefficient (Wildman–Crippen LogP) is 2.25. The highest BCUT2D eigenvalue weighted by molar-refractivity contribution is 5.86. The molecular formula is C12H15NO2. The molecule has 2 heterocycles. The van der Waals surface area contributed by atoms with Crippen LogP contribution in [0.5, 0.6) is 0 Å². The quantitative estimate of drug-likeness (QED) is 0.558. The molecule has 0 radical (unpaired) electrons.